The Morgan fingerprint density at radius 2 is 1.60 bits per heavy atom. The van der Waals surface area contributed by atoms with Gasteiger partial charge in [0.25, 0.3) is 0 Å². The number of aryl methyl sites for hydroxylation is 1. The number of piperidine rings is 2. The molecule has 0 bridgehead atoms. The molecule has 3 saturated heterocycles. The summed E-state index contributed by atoms with van der Waals surface area (Å²) >= 11 is 0. The molecule has 0 aromatic heterocycles. The second-order valence-corrected chi connectivity index (χ2v) is 9.74. The lowest BCUT2D eigenvalue weighted by molar-refractivity contribution is -0.149. The van der Waals surface area contributed by atoms with Crippen LogP contribution in [0.3, 0.4) is 0 Å². The van der Waals surface area contributed by atoms with Crippen molar-refractivity contribution in [2.75, 3.05) is 39.3 Å². The van der Waals surface area contributed by atoms with Gasteiger partial charge in [-0.05, 0) is 83.8 Å². The zero-order valence-electron chi connectivity index (χ0n) is 19.1. The van der Waals surface area contributed by atoms with Crippen LogP contribution in [0.4, 0.5) is 0 Å². The third-order valence-electron chi connectivity index (χ3n) is 7.34. The molecule has 1 amide bonds. The Hall–Kier alpha value is -1.43. The summed E-state index contributed by atoms with van der Waals surface area (Å²) in [6, 6.07) is 9.45. The maximum atomic E-state index is 13.0. The number of morpholine rings is 1. The molecule has 1 aromatic rings. The molecule has 1 aromatic carbocycles. The first-order chi connectivity index (χ1) is 14.5. The molecule has 5 nitrogen and oxygen atoms in total. The van der Waals surface area contributed by atoms with Crippen LogP contribution in [0.15, 0.2) is 24.3 Å². The first-order valence-electron chi connectivity index (χ1n) is 11.9. The summed E-state index contributed by atoms with van der Waals surface area (Å²) in [5.74, 6) is 0.574. The Balaban J connectivity index is 1.21. The van der Waals surface area contributed by atoms with Crippen molar-refractivity contribution in [3.63, 3.8) is 0 Å². The number of benzene rings is 1. The Labute approximate surface area is 182 Å². The summed E-state index contributed by atoms with van der Waals surface area (Å²) in [6.45, 7) is 13.5. The van der Waals surface area contributed by atoms with Gasteiger partial charge in [-0.3, -0.25) is 9.69 Å². The fraction of sp³-hybridized carbons (Fsp3) is 0.720. The van der Waals surface area contributed by atoms with Crippen molar-refractivity contribution < 1.29 is 9.53 Å². The van der Waals surface area contributed by atoms with E-state index in [0.717, 1.165) is 45.6 Å². The van der Waals surface area contributed by atoms with E-state index in [-0.39, 0.29) is 18.1 Å². The lowest BCUT2D eigenvalue weighted by Gasteiger charge is -2.43. The highest BCUT2D eigenvalue weighted by molar-refractivity contribution is 5.79. The van der Waals surface area contributed by atoms with Crippen LogP contribution in [0.2, 0.25) is 0 Å². The molecular formula is C25H39N3O2. The Kier molecular flexibility index (Phi) is 7.12. The summed E-state index contributed by atoms with van der Waals surface area (Å²) in [7, 11) is 0. The maximum Gasteiger partial charge on any atom is 0.225 e. The summed E-state index contributed by atoms with van der Waals surface area (Å²) < 4.78 is 5.80. The molecule has 0 N–H and O–H groups in total. The molecule has 0 unspecified atom stereocenters. The Bertz CT molecular complexity index is 698. The number of nitrogens with zero attached hydrogens (tertiary/aromatic N) is 3. The summed E-state index contributed by atoms with van der Waals surface area (Å²) in [5, 5.41) is 0. The molecule has 3 aliphatic rings. The van der Waals surface area contributed by atoms with E-state index < -0.39 is 0 Å². The lowest BCUT2D eigenvalue weighted by atomic mass is 9.92. The molecule has 0 spiro atoms. The zero-order valence-corrected chi connectivity index (χ0v) is 19.1. The van der Waals surface area contributed by atoms with Crippen LogP contribution in [0, 0.1) is 12.8 Å². The minimum absolute atomic E-state index is 0.155. The third-order valence-corrected chi connectivity index (χ3v) is 7.34. The van der Waals surface area contributed by atoms with Crippen molar-refractivity contribution in [2.24, 2.45) is 5.92 Å². The number of carbonyl (C=O) groups is 1. The average Bonchev–Trinajstić information content (AvgIpc) is 2.75. The molecule has 166 valence electrons. The predicted octanol–water partition coefficient (Wildman–Crippen LogP) is 3.31. The van der Waals surface area contributed by atoms with E-state index in [4.69, 9.17) is 4.74 Å². The highest BCUT2D eigenvalue weighted by atomic mass is 16.5. The van der Waals surface area contributed by atoms with E-state index in [2.05, 4.69) is 59.7 Å². The largest absolute Gasteiger partial charge is 0.372 e. The van der Waals surface area contributed by atoms with Crippen LogP contribution < -0.4 is 0 Å². The van der Waals surface area contributed by atoms with E-state index in [1.54, 1.807) is 0 Å². The van der Waals surface area contributed by atoms with Gasteiger partial charge in [0.15, 0.2) is 0 Å². The average molecular weight is 414 g/mol. The van der Waals surface area contributed by atoms with E-state index in [0.29, 0.717) is 11.9 Å². The molecule has 3 aliphatic heterocycles. The standard InChI is InChI=1S/C25H39N3O2/c1-19-6-4-5-7-23(19)18-26-12-10-24(11-13-26)27-14-8-22(9-15-27)25(29)28-16-20(2)30-21(3)17-28/h4-7,20-22,24H,8-18H2,1-3H3/t20-,21+. The van der Waals surface area contributed by atoms with Gasteiger partial charge in [-0.15, -0.1) is 0 Å². The number of hydrogen-bond donors (Lipinski definition) is 0. The first kappa shape index (κ1) is 21.8. The number of rotatable bonds is 4. The second-order valence-electron chi connectivity index (χ2n) is 9.74. The minimum Gasteiger partial charge on any atom is -0.372 e. The molecule has 2 atom stereocenters. The normalized spacial score (nSPS) is 28.0. The lowest BCUT2D eigenvalue weighted by Crippen LogP contribution is -2.53. The van der Waals surface area contributed by atoms with Crippen LogP contribution in [-0.4, -0.2) is 78.1 Å². The van der Waals surface area contributed by atoms with E-state index >= 15 is 0 Å². The molecule has 5 heteroatoms. The van der Waals surface area contributed by atoms with Crippen molar-refractivity contribution in [1.29, 1.82) is 0 Å². The van der Waals surface area contributed by atoms with Crippen molar-refractivity contribution >= 4 is 5.91 Å². The maximum absolute atomic E-state index is 13.0. The van der Waals surface area contributed by atoms with Crippen molar-refractivity contribution in [2.45, 2.75) is 71.2 Å². The number of hydrogen-bond acceptors (Lipinski definition) is 4. The predicted molar refractivity (Wildman–Crippen MR) is 120 cm³/mol. The third kappa shape index (κ3) is 5.24. The number of amides is 1. The monoisotopic (exact) mass is 413 g/mol. The molecule has 3 fully saturated rings. The summed E-state index contributed by atoms with van der Waals surface area (Å²) in [6.07, 6.45) is 4.85. The van der Waals surface area contributed by atoms with Crippen molar-refractivity contribution in [3.05, 3.63) is 35.4 Å². The molecular weight excluding hydrogens is 374 g/mol. The Morgan fingerprint density at radius 1 is 0.967 bits per heavy atom. The molecule has 0 radical (unpaired) electrons. The number of likely N-dealkylation sites (tertiary alicyclic amines) is 2. The highest BCUT2D eigenvalue weighted by Gasteiger charge is 2.34. The van der Waals surface area contributed by atoms with Crippen LogP contribution >= 0.6 is 0 Å². The molecule has 0 aliphatic carbocycles. The quantitative estimate of drug-likeness (QED) is 0.759. The van der Waals surface area contributed by atoms with Crippen LogP contribution in [-0.2, 0) is 16.1 Å². The number of ether oxygens (including phenoxy) is 1. The van der Waals surface area contributed by atoms with Crippen LogP contribution in [0.1, 0.15) is 50.7 Å². The van der Waals surface area contributed by atoms with E-state index in [1.807, 2.05) is 0 Å². The van der Waals surface area contributed by atoms with E-state index in [1.165, 1.54) is 37.1 Å². The smallest absolute Gasteiger partial charge is 0.225 e. The molecule has 3 heterocycles. The van der Waals surface area contributed by atoms with Crippen molar-refractivity contribution in [3.8, 4) is 0 Å². The fourth-order valence-electron chi connectivity index (χ4n) is 5.60. The van der Waals surface area contributed by atoms with Crippen molar-refractivity contribution in [1.82, 2.24) is 14.7 Å². The van der Waals surface area contributed by atoms with Crippen LogP contribution in [0.25, 0.3) is 0 Å². The van der Waals surface area contributed by atoms with Gasteiger partial charge in [-0.1, -0.05) is 24.3 Å². The minimum atomic E-state index is 0.155. The molecule has 0 saturated carbocycles. The summed E-state index contributed by atoms with van der Waals surface area (Å²) in [5.41, 5.74) is 2.86. The van der Waals surface area contributed by atoms with Gasteiger partial charge in [0.1, 0.15) is 0 Å². The van der Waals surface area contributed by atoms with Gasteiger partial charge in [0.2, 0.25) is 5.91 Å². The van der Waals surface area contributed by atoms with Gasteiger partial charge >= 0.3 is 0 Å². The van der Waals surface area contributed by atoms with Gasteiger partial charge in [0.05, 0.1) is 12.2 Å². The Morgan fingerprint density at radius 3 is 2.23 bits per heavy atom. The molecule has 4 rings (SSSR count). The van der Waals surface area contributed by atoms with Gasteiger partial charge in [-0.2, -0.15) is 0 Å². The SMILES string of the molecule is Cc1ccccc1CN1CCC(N2CCC(C(=O)N3C[C@@H](C)O[C@@H](C)C3)CC2)CC1. The number of carbonyl (C=O) groups excluding carboxylic acids is 1. The second kappa shape index (κ2) is 9.80. The highest BCUT2D eigenvalue weighted by Crippen LogP contribution is 2.27. The summed E-state index contributed by atoms with van der Waals surface area (Å²) in [4.78, 5) is 20.3. The van der Waals surface area contributed by atoms with E-state index in [9.17, 15) is 4.79 Å². The molecule has 30 heavy (non-hydrogen) atoms. The van der Waals surface area contributed by atoms with Gasteiger partial charge in [0, 0.05) is 31.6 Å². The first-order valence-corrected chi connectivity index (χ1v) is 11.9. The topological polar surface area (TPSA) is 36.0 Å². The van der Waals surface area contributed by atoms with Gasteiger partial charge < -0.3 is 14.5 Å². The zero-order chi connectivity index (χ0) is 21.1. The van der Waals surface area contributed by atoms with Gasteiger partial charge in [-0.25, -0.2) is 0 Å². The van der Waals surface area contributed by atoms with Crippen LogP contribution in [0.5, 0.6) is 0 Å². The fourth-order valence-corrected chi connectivity index (χ4v) is 5.60.